The zero-order valence-electron chi connectivity index (χ0n) is 16.9. The Hall–Kier alpha value is -3.31. The van der Waals surface area contributed by atoms with E-state index in [9.17, 15) is 14.0 Å². The lowest BCUT2D eigenvalue weighted by Crippen LogP contribution is -2.22. The molecular formula is C20H18FN5O3S2. The first-order valence-corrected chi connectivity index (χ1v) is 10.8. The van der Waals surface area contributed by atoms with Crippen molar-refractivity contribution in [2.24, 2.45) is 0 Å². The summed E-state index contributed by atoms with van der Waals surface area (Å²) in [6, 6.07) is 9.11. The molecule has 0 aliphatic rings. The molecule has 0 fully saturated rings. The van der Waals surface area contributed by atoms with Crippen LogP contribution in [0.15, 0.2) is 36.4 Å². The van der Waals surface area contributed by atoms with Gasteiger partial charge in [0.25, 0.3) is 5.91 Å². The van der Waals surface area contributed by atoms with E-state index in [1.807, 2.05) is 19.0 Å². The predicted octanol–water partition coefficient (Wildman–Crippen LogP) is 3.85. The van der Waals surface area contributed by atoms with Crippen LogP contribution in [-0.4, -0.2) is 47.3 Å². The van der Waals surface area contributed by atoms with Crippen LogP contribution in [0.1, 0.15) is 15.4 Å². The number of hydrogen-bond acceptors (Lipinski definition) is 8. The van der Waals surface area contributed by atoms with Gasteiger partial charge in [0.05, 0.1) is 16.1 Å². The van der Waals surface area contributed by atoms with Crippen molar-refractivity contribution in [2.45, 2.75) is 6.92 Å². The van der Waals surface area contributed by atoms with Gasteiger partial charge >= 0.3 is 5.97 Å². The van der Waals surface area contributed by atoms with Crippen LogP contribution in [0.4, 0.5) is 15.3 Å². The normalized spacial score (nSPS) is 11.0. The van der Waals surface area contributed by atoms with Gasteiger partial charge in [0.15, 0.2) is 11.7 Å². The first-order chi connectivity index (χ1) is 14.8. The van der Waals surface area contributed by atoms with Crippen molar-refractivity contribution in [1.82, 2.24) is 14.8 Å². The molecule has 160 valence electrons. The van der Waals surface area contributed by atoms with Crippen molar-refractivity contribution in [3.8, 4) is 5.69 Å². The number of benzene rings is 1. The van der Waals surface area contributed by atoms with Gasteiger partial charge in [0.2, 0.25) is 0 Å². The second-order valence-electron chi connectivity index (χ2n) is 6.85. The minimum absolute atomic E-state index is 0.369. The lowest BCUT2D eigenvalue weighted by Gasteiger charge is -2.09. The molecule has 0 saturated carbocycles. The van der Waals surface area contributed by atoms with E-state index >= 15 is 0 Å². The number of halogens is 1. The van der Waals surface area contributed by atoms with E-state index in [1.54, 1.807) is 31.2 Å². The first-order valence-electron chi connectivity index (χ1n) is 9.17. The molecule has 11 heteroatoms. The summed E-state index contributed by atoms with van der Waals surface area (Å²) in [5, 5.41) is 7.83. The van der Waals surface area contributed by atoms with Crippen LogP contribution in [0.25, 0.3) is 15.2 Å². The number of hydrogen-bond donors (Lipinski definition) is 1. The van der Waals surface area contributed by atoms with Crippen LogP contribution in [0.3, 0.4) is 0 Å². The molecule has 1 aromatic carbocycles. The molecule has 0 saturated heterocycles. The van der Waals surface area contributed by atoms with Gasteiger partial charge < -0.3 is 15.0 Å². The number of carbonyl (C=O) groups excluding carboxylic acids is 2. The fraction of sp³-hybridized carbons (Fsp3) is 0.200. The van der Waals surface area contributed by atoms with Gasteiger partial charge in [-0.25, -0.2) is 18.9 Å². The summed E-state index contributed by atoms with van der Waals surface area (Å²) in [5.74, 6) is -1.07. The zero-order valence-corrected chi connectivity index (χ0v) is 18.5. The van der Waals surface area contributed by atoms with Crippen molar-refractivity contribution in [2.75, 3.05) is 30.9 Å². The molecule has 0 aliphatic heterocycles. The molecule has 0 atom stereocenters. The second kappa shape index (κ2) is 8.44. The van der Waals surface area contributed by atoms with Gasteiger partial charge in [0.1, 0.15) is 21.3 Å². The van der Waals surface area contributed by atoms with Gasteiger partial charge in [0, 0.05) is 20.2 Å². The van der Waals surface area contributed by atoms with E-state index in [4.69, 9.17) is 4.74 Å². The number of esters is 1. The molecule has 31 heavy (non-hydrogen) atoms. The Bertz CT molecular complexity index is 1230. The molecular weight excluding hydrogens is 441 g/mol. The Kier molecular flexibility index (Phi) is 5.70. The van der Waals surface area contributed by atoms with E-state index in [0.29, 0.717) is 22.1 Å². The van der Waals surface area contributed by atoms with Crippen molar-refractivity contribution >= 4 is 55.0 Å². The van der Waals surface area contributed by atoms with Gasteiger partial charge in [-0.2, -0.15) is 5.10 Å². The highest BCUT2D eigenvalue weighted by molar-refractivity contribution is 7.29. The fourth-order valence-electron chi connectivity index (χ4n) is 2.76. The number of thiophene rings is 1. The molecule has 4 rings (SSSR count). The minimum atomic E-state index is -0.583. The molecule has 0 aliphatic carbocycles. The van der Waals surface area contributed by atoms with E-state index < -0.39 is 18.5 Å². The van der Waals surface area contributed by atoms with Crippen molar-refractivity contribution in [1.29, 1.82) is 0 Å². The monoisotopic (exact) mass is 459 g/mol. The highest BCUT2D eigenvalue weighted by Crippen LogP contribution is 2.34. The average molecular weight is 460 g/mol. The standard InChI is InChI=1S/C20H18FN5O3S2/c1-11-8-16(26(24-11)13-6-4-12(21)5-7-13)22-17(27)10-29-19(28)15-9-14-18(30-15)23-20(31-14)25(2)3/h4-9H,10H2,1-3H3,(H,22,27). The largest absolute Gasteiger partial charge is 0.451 e. The molecule has 0 spiro atoms. The van der Waals surface area contributed by atoms with E-state index in [0.717, 1.165) is 14.7 Å². The fourth-order valence-corrected chi connectivity index (χ4v) is 4.79. The Morgan fingerprint density at radius 3 is 2.61 bits per heavy atom. The number of fused-ring (bicyclic) bond motifs is 1. The number of ether oxygens (including phenoxy) is 1. The lowest BCUT2D eigenvalue weighted by atomic mass is 10.3. The number of thiazole rings is 1. The molecule has 8 nitrogen and oxygen atoms in total. The van der Waals surface area contributed by atoms with Gasteiger partial charge in [-0.3, -0.25) is 4.79 Å². The molecule has 3 heterocycles. The maximum Gasteiger partial charge on any atom is 0.348 e. The SMILES string of the molecule is Cc1cc(NC(=O)COC(=O)c2cc3sc(N(C)C)nc3s2)n(-c2ccc(F)cc2)n1. The Morgan fingerprint density at radius 1 is 1.19 bits per heavy atom. The third kappa shape index (κ3) is 4.57. The maximum absolute atomic E-state index is 13.2. The summed E-state index contributed by atoms with van der Waals surface area (Å²) >= 11 is 2.70. The summed E-state index contributed by atoms with van der Waals surface area (Å²) in [7, 11) is 3.80. The van der Waals surface area contributed by atoms with E-state index in [-0.39, 0.29) is 5.82 Å². The molecule has 4 aromatic rings. The summed E-state index contributed by atoms with van der Waals surface area (Å²) in [4.78, 5) is 32.2. The van der Waals surface area contributed by atoms with Gasteiger partial charge in [-0.15, -0.1) is 11.3 Å². The average Bonchev–Trinajstić information content (AvgIpc) is 3.40. The van der Waals surface area contributed by atoms with Crippen LogP contribution < -0.4 is 10.2 Å². The quantitative estimate of drug-likeness (QED) is 0.441. The Morgan fingerprint density at radius 2 is 1.94 bits per heavy atom. The van der Waals surface area contributed by atoms with Crippen molar-refractivity contribution in [3.63, 3.8) is 0 Å². The lowest BCUT2D eigenvalue weighted by molar-refractivity contribution is -0.119. The summed E-state index contributed by atoms with van der Waals surface area (Å²) in [5.41, 5.74) is 1.25. The highest BCUT2D eigenvalue weighted by Gasteiger charge is 2.18. The number of aryl methyl sites for hydroxylation is 1. The number of anilines is 2. The predicted molar refractivity (Wildman–Crippen MR) is 119 cm³/mol. The molecule has 0 radical (unpaired) electrons. The van der Waals surface area contributed by atoms with Crippen LogP contribution >= 0.6 is 22.7 Å². The molecule has 1 N–H and O–H groups in total. The molecule has 1 amide bonds. The number of nitrogens with zero attached hydrogens (tertiary/aromatic N) is 4. The number of aromatic nitrogens is 3. The maximum atomic E-state index is 13.2. The summed E-state index contributed by atoms with van der Waals surface area (Å²) in [6.45, 7) is 1.32. The van der Waals surface area contributed by atoms with E-state index in [1.165, 1.54) is 39.5 Å². The third-order valence-corrected chi connectivity index (χ3v) is 6.47. The van der Waals surface area contributed by atoms with Crippen LogP contribution in [0.5, 0.6) is 0 Å². The van der Waals surface area contributed by atoms with Gasteiger partial charge in [-0.1, -0.05) is 11.3 Å². The van der Waals surface area contributed by atoms with E-state index in [2.05, 4.69) is 15.4 Å². The summed E-state index contributed by atoms with van der Waals surface area (Å²) < 4.78 is 20.7. The zero-order chi connectivity index (χ0) is 22.1. The topological polar surface area (TPSA) is 89.4 Å². The number of nitrogens with one attached hydrogen (secondary N) is 1. The van der Waals surface area contributed by atoms with Crippen LogP contribution in [0, 0.1) is 12.7 Å². The third-order valence-electron chi connectivity index (χ3n) is 4.17. The molecule has 0 bridgehead atoms. The minimum Gasteiger partial charge on any atom is -0.451 e. The molecule has 0 unspecified atom stereocenters. The second-order valence-corrected chi connectivity index (χ2v) is 8.89. The Labute approximate surface area is 184 Å². The highest BCUT2D eigenvalue weighted by atomic mass is 32.1. The first kappa shape index (κ1) is 20.9. The summed E-state index contributed by atoms with van der Waals surface area (Å²) in [6.07, 6.45) is 0. The van der Waals surface area contributed by atoms with Gasteiger partial charge in [-0.05, 0) is 37.3 Å². The van der Waals surface area contributed by atoms with Crippen LogP contribution in [0.2, 0.25) is 0 Å². The molecule has 3 aromatic heterocycles. The smallest absolute Gasteiger partial charge is 0.348 e. The van der Waals surface area contributed by atoms with Crippen molar-refractivity contribution < 1.29 is 18.7 Å². The number of rotatable bonds is 6. The number of amides is 1. The number of carbonyl (C=O) groups is 2. The van der Waals surface area contributed by atoms with Crippen molar-refractivity contribution in [3.05, 3.63) is 52.8 Å². The Balaban J connectivity index is 1.40. The van der Waals surface area contributed by atoms with Crippen LogP contribution in [-0.2, 0) is 9.53 Å².